The van der Waals surface area contributed by atoms with Crippen LogP contribution in [0.5, 0.6) is 0 Å². The summed E-state index contributed by atoms with van der Waals surface area (Å²) >= 11 is 0. The molecule has 0 bridgehead atoms. The van der Waals surface area contributed by atoms with Gasteiger partial charge in [-0.2, -0.15) is 0 Å². The standard InChI is InChI=1S/C20H45N2PS/c1-2-3-4-5-6-7-8-9-10-11-12-13-14-15-16-17-20-24(23)22-19-18-21/h22,24H,2-21H2,1H3. The molecule has 0 radical (unpaired) electrons. The van der Waals surface area contributed by atoms with Gasteiger partial charge in [0.2, 0.25) is 0 Å². The van der Waals surface area contributed by atoms with Crippen molar-refractivity contribution in [2.75, 3.05) is 18.8 Å². The fourth-order valence-electron chi connectivity index (χ4n) is 3.08. The van der Waals surface area contributed by atoms with Gasteiger partial charge in [0.1, 0.15) is 0 Å². The van der Waals surface area contributed by atoms with Gasteiger partial charge in [-0.3, -0.25) is 0 Å². The monoisotopic (exact) mass is 376 g/mol. The molecule has 0 saturated carbocycles. The fraction of sp³-hybridized carbons (Fsp3) is 1.00. The van der Waals surface area contributed by atoms with Gasteiger partial charge in [0, 0.05) is 0 Å². The van der Waals surface area contributed by atoms with E-state index < -0.39 is 0 Å². The van der Waals surface area contributed by atoms with Crippen molar-refractivity contribution < 1.29 is 0 Å². The van der Waals surface area contributed by atoms with Crippen LogP contribution in [0.15, 0.2) is 0 Å². The zero-order valence-corrected chi connectivity index (χ0v) is 18.2. The van der Waals surface area contributed by atoms with Gasteiger partial charge >= 0.3 is 111 Å². The Kier molecular flexibility index (Phi) is 22.4. The third kappa shape index (κ3) is 20.7. The second-order valence-electron chi connectivity index (χ2n) is 7.12. The SMILES string of the molecule is CCCCCCCCCCCCCCCCCC[SH](#P)NCCN. The van der Waals surface area contributed by atoms with Crippen molar-refractivity contribution >= 4 is 17.9 Å². The number of nitrogens with two attached hydrogens (primary N) is 1. The molecule has 2 nitrogen and oxygen atoms in total. The summed E-state index contributed by atoms with van der Waals surface area (Å²) in [6.45, 7) is 3.92. The summed E-state index contributed by atoms with van der Waals surface area (Å²) in [5.74, 6) is 1.23. The molecule has 0 heterocycles. The van der Waals surface area contributed by atoms with Gasteiger partial charge in [-0.05, 0) is 0 Å². The molecule has 0 aromatic carbocycles. The van der Waals surface area contributed by atoms with Crippen LogP contribution < -0.4 is 10.5 Å². The van der Waals surface area contributed by atoms with Crippen molar-refractivity contribution in [3.8, 4) is 0 Å². The van der Waals surface area contributed by atoms with Gasteiger partial charge < -0.3 is 0 Å². The van der Waals surface area contributed by atoms with E-state index in [0.29, 0.717) is 0 Å². The van der Waals surface area contributed by atoms with Gasteiger partial charge in [-0.15, -0.1) is 0 Å². The minimum absolute atomic E-state index is 0.265. The molecule has 0 amide bonds. The molecule has 0 rings (SSSR count). The van der Waals surface area contributed by atoms with Crippen molar-refractivity contribution in [3.05, 3.63) is 0 Å². The van der Waals surface area contributed by atoms with E-state index in [9.17, 15) is 0 Å². The average Bonchev–Trinajstić information content (AvgIpc) is 2.59. The van der Waals surface area contributed by atoms with Crippen LogP contribution in [0.2, 0.25) is 0 Å². The summed E-state index contributed by atoms with van der Waals surface area (Å²) in [5, 5.41) is 0. The van der Waals surface area contributed by atoms with E-state index in [2.05, 4.69) is 19.5 Å². The van der Waals surface area contributed by atoms with Gasteiger partial charge in [0.25, 0.3) is 0 Å². The number of hydrogen-bond donors (Lipinski definition) is 3. The number of nitrogens with one attached hydrogen (secondary N) is 1. The normalized spacial score (nSPS) is 12.5. The van der Waals surface area contributed by atoms with Crippen LogP contribution in [0.1, 0.15) is 110 Å². The molecule has 0 aliphatic rings. The first kappa shape index (κ1) is 24.7. The number of rotatable bonds is 18. The quantitative estimate of drug-likeness (QED) is 0.136. The predicted molar refractivity (Wildman–Crippen MR) is 117 cm³/mol. The zero-order chi connectivity index (χ0) is 17.7. The molecule has 24 heavy (non-hydrogen) atoms. The Hall–Kier alpha value is 0.700. The van der Waals surface area contributed by atoms with Crippen LogP contribution in [0.25, 0.3) is 0 Å². The van der Waals surface area contributed by atoms with Crippen molar-refractivity contribution in [2.45, 2.75) is 110 Å². The molecule has 0 aliphatic carbocycles. The molecule has 0 fully saturated rings. The van der Waals surface area contributed by atoms with Crippen LogP contribution in [-0.2, 0) is 0 Å². The summed E-state index contributed by atoms with van der Waals surface area (Å²) in [4.78, 5) is 0. The third-order valence-electron chi connectivity index (χ3n) is 4.66. The molecule has 0 saturated heterocycles. The molecule has 0 aromatic heterocycles. The van der Waals surface area contributed by atoms with E-state index in [4.69, 9.17) is 5.73 Å². The van der Waals surface area contributed by atoms with Crippen molar-refractivity contribution in [1.29, 1.82) is 0 Å². The summed E-state index contributed by atoms with van der Waals surface area (Å²) < 4.78 is 3.39. The number of hydrogen-bond acceptors (Lipinski definition) is 2. The Morgan fingerprint density at radius 1 is 0.667 bits per heavy atom. The molecule has 1 atom stereocenters. The van der Waals surface area contributed by atoms with E-state index >= 15 is 0 Å². The maximum atomic E-state index is 5.48. The molecular weight excluding hydrogens is 331 g/mol. The first-order chi connectivity index (χ1) is 11.8. The molecule has 0 aromatic rings. The van der Waals surface area contributed by atoms with Gasteiger partial charge in [0.15, 0.2) is 0 Å². The van der Waals surface area contributed by atoms with E-state index in [1.165, 1.54) is 108 Å². The topological polar surface area (TPSA) is 38.0 Å². The summed E-state index contributed by atoms with van der Waals surface area (Å²) in [6.07, 6.45) is 22.9. The first-order valence-electron chi connectivity index (χ1n) is 10.7. The molecule has 146 valence electrons. The van der Waals surface area contributed by atoms with E-state index in [-0.39, 0.29) is 10.1 Å². The number of unbranched alkanes of at least 4 members (excludes halogenated alkanes) is 15. The predicted octanol–water partition coefficient (Wildman–Crippen LogP) is 7.04. The summed E-state index contributed by atoms with van der Waals surface area (Å²) in [7, 11) is 4.32. The second kappa shape index (κ2) is 21.7. The van der Waals surface area contributed by atoms with Crippen LogP contribution in [0.4, 0.5) is 0 Å². The van der Waals surface area contributed by atoms with E-state index in [1.807, 2.05) is 0 Å². The molecule has 0 aliphatic heterocycles. The average molecular weight is 377 g/mol. The molecule has 3 N–H and O–H groups in total. The molecular formula is C20H45N2PS. The van der Waals surface area contributed by atoms with Gasteiger partial charge in [0.05, 0.1) is 0 Å². The van der Waals surface area contributed by atoms with E-state index in [0.717, 1.165) is 13.1 Å². The molecule has 4 heteroatoms. The van der Waals surface area contributed by atoms with Gasteiger partial charge in [-0.1, -0.05) is 45.4 Å². The van der Waals surface area contributed by atoms with Crippen LogP contribution >= 0.6 is 17.9 Å². The fourth-order valence-corrected chi connectivity index (χ4v) is 4.88. The Labute approximate surface area is 157 Å². The first-order valence-corrected chi connectivity index (χ1v) is 13.4. The minimum atomic E-state index is -0.265. The second-order valence-corrected chi connectivity index (χ2v) is 10.1. The summed E-state index contributed by atoms with van der Waals surface area (Å²) in [6, 6.07) is 0. The Balaban J connectivity index is 3.04. The van der Waals surface area contributed by atoms with Crippen molar-refractivity contribution in [3.63, 3.8) is 0 Å². The molecule has 1 unspecified atom stereocenters. The Bertz CT molecular complexity index is 302. The van der Waals surface area contributed by atoms with Crippen molar-refractivity contribution in [1.82, 2.24) is 4.72 Å². The van der Waals surface area contributed by atoms with Crippen molar-refractivity contribution in [2.24, 2.45) is 5.73 Å². The van der Waals surface area contributed by atoms with Crippen LogP contribution in [0, 0.1) is 0 Å². The van der Waals surface area contributed by atoms with Crippen LogP contribution in [-0.4, -0.2) is 18.8 Å². The maximum absolute atomic E-state index is 5.48. The number of thiol groups is 1. The van der Waals surface area contributed by atoms with E-state index in [1.54, 1.807) is 0 Å². The molecule has 0 spiro atoms. The Morgan fingerprint density at radius 3 is 1.42 bits per heavy atom. The zero-order valence-electron chi connectivity index (χ0n) is 16.4. The Morgan fingerprint density at radius 2 is 1.04 bits per heavy atom. The third-order valence-corrected chi connectivity index (χ3v) is 7.01. The summed E-state index contributed by atoms with van der Waals surface area (Å²) in [5.41, 5.74) is 5.48. The van der Waals surface area contributed by atoms with Gasteiger partial charge in [-0.25, -0.2) is 0 Å². The van der Waals surface area contributed by atoms with Crippen LogP contribution in [0.3, 0.4) is 0 Å².